The summed E-state index contributed by atoms with van der Waals surface area (Å²) >= 11 is 0. The fourth-order valence-corrected chi connectivity index (χ4v) is 1.77. The second-order valence-electron chi connectivity index (χ2n) is 3.77. The number of aromatic nitrogens is 2. The average molecular weight is 206 g/mol. The van der Waals surface area contributed by atoms with Crippen molar-refractivity contribution in [2.24, 2.45) is 0 Å². The third-order valence-electron chi connectivity index (χ3n) is 2.56. The van der Waals surface area contributed by atoms with E-state index in [0.29, 0.717) is 12.4 Å². The largest absolute Gasteiger partial charge is 0.374 e. The van der Waals surface area contributed by atoms with Gasteiger partial charge in [-0.2, -0.15) is 5.26 Å². The Balaban J connectivity index is 1.99. The Kier molecular flexibility index (Phi) is 2.99. The van der Waals surface area contributed by atoms with E-state index in [9.17, 15) is 0 Å². The van der Waals surface area contributed by atoms with E-state index in [-0.39, 0.29) is 6.10 Å². The lowest BCUT2D eigenvalue weighted by Gasteiger charge is -2.30. The van der Waals surface area contributed by atoms with Crippen LogP contribution in [0.15, 0.2) is 12.4 Å². The number of hydrogen-bond acceptors (Lipinski definition) is 4. The molecule has 5 nitrogen and oxygen atoms in total. The van der Waals surface area contributed by atoms with Gasteiger partial charge in [-0.15, -0.1) is 0 Å². The molecule has 1 fully saturated rings. The molecule has 1 unspecified atom stereocenters. The van der Waals surface area contributed by atoms with Gasteiger partial charge in [0.2, 0.25) is 5.82 Å². The van der Waals surface area contributed by atoms with Crippen molar-refractivity contribution in [2.75, 3.05) is 26.7 Å². The number of morpholine rings is 1. The third kappa shape index (κ3) is 2.35. The maximum atomic E-state index is 8.80. The maximum absolute atomic E-state index is 8.80. The quantitative estimate of drug-likeness (QED) is 0.688. The van der Waals surface area contributed by atoms with Crippen molar-refractivity contribution in [2.45, 2.75) is 12.6 Å². The Morgan fingerprint density at radius 1 is 1.73 bits per heavy atom. The van der Waals surface area contributed by atoms with Crippen molar-refractivity contribution in [3.05, 3.63) is 18.2 Å². The third-order valence-corrected chi connectivity index (χ3v) is 2.56. The van der Waals surface area contributed by atoms with E-state index in [1.54, 1.807) is 6.20 Å². The van der Waals surface area contributed by atoms with E-state index in [0.717, 1.165) is 19.7 Å². The number of imidazole rings is 1. The fourth-order valence-electron chi connectivity index (χ4n) is 1.77. The summed E-state index contributed by atoms with van der Waals surface area (Å²) < 4.78 is 7.46. The molecule has 0 aromatic carbocycles. The highest BCUT2D eigenvalue weighted by molar-refractivity contribution is 5.11. The van der Waals surface area contributed by atoms with E-state index in [4.69, 9.17) is 10.00 Å². The highest BCUT2D eigenvalue weighted by Gasteiger charge is 2.18. The van der Waals surface area contributed by atoms with Crippen LogP contribution in [0.1, 0.15) is 5.82 Å². The highest BCUT2D eigenvalue weighted by atomic mass is 16.5. The van der Waals surface area contributed by atoms with Gasteiger partial charge in [0, 0.05) is 25.5 Å². The summed E-state index contributed by atoms with van der Waals surface area (Å²) in [6, 6.07) is 2.06. The Morgan fingerprint density at radius 3 is 3.33 bits per heavy atom. The predicted octanol–water partition coefficient (Wildman–Crippen LogP) is 0.0854. The van der Waals surface area contributed by atoms with Crippen molar-refractivity contribution >= 4 is 0 Å². The number of hydrogen-bond donors (Lipinski definition) is 0. The van der Waals surface area contributed by atoms with E-state index in [2.05, 4.69) is 23.0 Å². The number of nitriles is 1. The molecule has 0 amide bonds. The zero-order valence-electron chi connectivity index (χ0n) is 8.76. The number of likely N-dealkylation sites (N-methyl/N-ethyl adjacent to an activating group) is 1. The standard InChI is InChI=1S/C10H14N4O/c1-13-4-5-15-9(7-13)8-14-3-2-12-10(14)6-11/h2-3,9H,4-5,7-8H2,1H3. The summed E-state index contributed by atoms with van der Waals surface area (Å²) in [6.07, 6.45) is 3.62. The Bertz CT molecular complexity index is 368. The van der Waals surface area contributed by atoms with Gasteiger partial charge in [-0.1, -0.05) is 0 Å². The van der Waals surface area contributed by atoms with Crippen LogP contribution in [0.4, 0.5) is 0 Å². The first-order valence-corrected chi connectivity index (χ1v) is 5.01. The molecule has 0 saturated carbocycles. The van der Waals surface area contributed by atoms with E-state index in [1.807, 2.05) is 10.8 Å². The highest BCUT2D eigenvalue weighted by Crippen LogP contribution is 2.07. The molecule has 0 radical (unpaired) electrons. The van der Waals surface area contributed by atoms with Crippen LogP contribution in [0.25, 0.3) is 0 Å². The predicted molar refractivity (Wildman–Crippen MR) is 54.2 cm³/mol. The number of nitrogens with zero attached hydrogens (tertiary/aromatic N) is 4. The molecule has 80 valence electrons. The molecule has 5 heteroatoms. The Labute approximate surface area is 88.9 Å². The monoisotopic (exact) mass is 206 g/mol. The Hall–Kier alpha value is -1.38. The molecule has 0 spiro atoms. The molecule has 0 aliphatic carbocycles. The zero-order valence-corrected chi connectivity index (χ0v) is 8.76. The van der Waals surface area contributed by atoms with E-state index >= 15 is 0 Å². The minimum atomic E-state index is 0.157. The van der Waals surface area contributed by atoms with Gasteiger partial charge in [-0.05, 0) is 7.05 Å². The van der Waals surface area contributed by atoms with Crippen LogP contribution >= 0.6 is 0 Å². The van der Waals surface area contributed by atoms with Crippen LogP contribution in [0, 0.1) is 11.3 Å². The summed E-state index contributed by atoms with van der Waals surface area (Å²) in [5.74, 6) is 0.451. The summed E-state index contributed by atoms with van der Waals surface area (Å²) in [5.41, 5.74) is 0. The molecule has 2 heterocycles. The second-order valence-corrected chi connectivity index (χ2v) is 3.77. The molecule has 1 aromatic heterocycles. The van der Waals surface area contributed by atoms with Crippen LogP contribution in [-0.2, 0) is 11.3 Å². The van der Waals surface area contributed by atoms with Crippen molar-refractivity contribution in [3.8, 4) is 6.07 Å². The SMILES string of the molecule is CN1CCOC(Cn2ccnc2C#N)C1. The minimum absolute atomic E-state index is 0.157. The van der Waals surface area contributed by atoms with Gasteiger partial charge in [0.05, 0.1) is 19.3 Å². The first-order chi connectivity index (χ1) is 7.29. The van der Waals surface area contributed by atoms with Gasteiger partial charge < -0.3 is 14.2 Å². The molecule has 1 atom stereocenters. The molecule has 1 aliphatic rings. The first-order valence-electron chi connectivity index (χ1n) is 5.01. The maximum Gasteiger partial charge on any atom is 0.212 e. The lowest BCUT2D eigenvalue weighted by molar-refractivity contribution is -0.0275. The van der Waals surface area contributed by atoms with Gasteiger partial charge in [0.25, 0.3) is 0 Å². The van der Waals surface area contributed by atoms with Crippen molar-refractivity contribution in [3.63, 3.8) is 0 Å². The van der Waals surface area contributed by atoms with Gasteiger partial charge in [-0.25, -0.2) is 4.98 Å². The van der Waals surface area contributed by atoms with E-state index < -0.39 is 0 Å². The van der Waals surface area contributed by atoms with Gasteiger partial charge in [-0.3, -0.25) is 0 Å². The molecule has 0 N–H and O–H groups in total. The number of ether oxygens (including phenoxy) is 1. The van der Waals surface area contributed by atoms with Crippen molar-refractivity contribution in [1.82, 2.24) is 14.5 Å². The zero-order chi connectivity index (χ0) is 10.7. The number of rotatable bonds is 2. The molecule has 1 saturated heterocycles. The van der Waals surface area contributed by atoms with E-state index in [1.165, 1.54) is 0 Å². The molecule has 2 rings (SSSR count). The molecule has 1 aliphatic heterocycles. The second kappa shape index (κ2) is 4.43. The van der Waals surface area contributed by atoms with Gasteiger partial charge >= 0.3 is 0 Å². The lowest BCUT2D eigenvalue weighted by Crippen LogP contribution is -2.42. The van der Waals surface area contributed by atoms with Crippen molar-refractivity contribution in [1.29, 1.82) is 5.26 Å². The summed E-state index contributed by atoms with van der Waals surface area (Å²) in [4.78, 5) is 6.19. The summed E-state index contributed by atoms with van der Waals surface area (Å²) in [7, 11) is 2.08. The lowest BCUT2D eigenvalue weighted by atomic mass is 10.3. The smallest absolute Gasteiger partial charge is 0.212 e. The van der Waals surface area contributed by atoms with Gasteiger partial charge in [0.1, 0.15) is 6.07 Å². The summed E-state index contributed by atoms with van der Waals surface area (Å²) in [6.45, 7) is 3.35. The molecular formula is C10H14N4O. The topological polar surface area (TPSA) is 54.1 Å². The summed E-state index contributed by atoms with van der Waals surface area (Å²) in [5, 5.41) is 8.80. The molecular weight excluding hydrogens is 192 g/mol. The Morgan fingerprint density at radius 2 is 2.60 bits per heavy atom. The molecule has 1 aromatic rings. The normalized spacial score (nSPS) is 22.5. The fraction of sp³-hybridized carbons (Fsp3) is 0.600. The van der Waals surface area contributed by atoms with Crippen LogP contribution in [0.2, 0.25) is 0 Å². The van der Waals surface area contributed by atoms with Crippen molar-refractivity contribution < 1.29 is 4.74 Å². The van der Waals surface area contributed by atoms with Crippen LogP contribution < -0.4 is 0 Å². The van der Waals surface area contributed by atoms with Gasteiger partial charge in [0.15, 0.2) is 0 Å². The van der Waals surface area contributed by atoms with Crippen LogP contribution in [-0.4, -0.2) is 47.3 Å². The average Bonchev–Trinajstić information content (AvgIpc) is 2.65. The van der Waals surface area contributed by atoms with Crippen LogP contribution in [0.3, 0.4) is 0 Å². The minimum Gasteiger partial charge on any atom is -0.374 e. The first kappa shape index (κ1) is 10.1. The molecule has 0 bridgehead atoms. The van der Waals surface area contributed by atoms with Crippen LogP contribution in [0.5, 0.6) is 0 Å². The molecule has 15 heavy (non-hydrogen) atoms.